The summed E-state index contributed by atoms with van der Waals surface area (Å²) < 4.78 is 1.98. The lowest BCUT2D eigenvalue weighted by Crippen LogP contribution is -2.52. The van der Waals surface area contributed by atoms with Gasteiger partial charge in [-0.2, -0.15) is 9.97 Å². The number of halogens is 1. The number of H-pyrrole nitrogens is 1. The molecule has 3 aliphatic rings. The number of rotatable bonds is 6. The van der Waals surface area contributed by atoms with Crippen LogP contribution >= 0.6 is 11.6 Å². The summed E-state index contributed by atoms with van der Waals surface area (Å²) in [6, 6.07) is 1.82. The van der Waals surface area contributed by atoms with Crippen LogP contribution in [0, 0.1) is 11.3 Å². The number of nitrogens with one attached hydrogen (secondary N) is 3. The molecule has 0 aromatic carbocycles. The van der Waals surface area contributed by atoms with E-state index in [1.54, 1.807) is 12.4 Å². The number of hydrogen-bond acceptors (Lipinski definition) is 7. The van der Waals surface area contributed by atoms with Gasteiger partial charge in [0.2, 0.25) is 5.95 Å². The van der Waals surface area contributed by atoms with Gasteiger partial charge in [-0.1, -0.05) is 11.6 Å². The molecule has 0 spiro atoms. The van der Waals surface area contributed by atoms with Crippen LogP contribution in [0.15, 0.2) is 23.4 Å². The first-order valence-corrected chi connectivity index (χ1v) is 11.5. The minimum absolute atomic E-state index is 0.107. The summed E-state index contributed by atoms with van der Waals surface area (Å²) in [5.41, 5.74) is 1.10. The second-order valence-corrected chi connectivity index (χ2v) is 9.83. The number of aromatic amines is 1. The van der Waals surface area contributed by atoms with Crippen molar-refractivity contribution in [1.82, 2.24) is 24.5 Å². The van der Waals surface area contributed by atoms with Crippen LogP contribution in [0.4, 0.5) is 17.5 Å². The fourth-order valence-electron chi connectivity index (χ4n) is 5.18. The molecule has 0 radical (unpaired) electrons. The van der Waals surface area contributed by atoms with E-state index in [2.05, 4.69) is 34.4 Å². The van der Waals surface area contributed by atoms with Gasteiger partial charge in [-0.05, 0) is 57.9 Å². The maximum atomic E-state index is 12.3. The lowest BCUT2D eigenvalue weighted by molar-refractivity contribution is -0.00281. The second-order valence-electron chi connectivity index (χ2n) is 9.40. The molecular weight excluding hydrogens is 430 g/mol. The van der Waals surface area contributed by atoms with Crippen molar-refractivity contribution in [3.05, 3.63) is 34.0 Å². The highest BCUT2D eigenvalue weighted by molar-refractivity contribution is 6.30. The van der Waals surface area contributed by atoms with Crippen molar-refractivity contribution in [2.24, 2.45) is 11.3 Å². The SMILES string of the molecule is CC(C)n1cnc2c(Nc3cc(Cl)c[nH]c3=O)nc(N[C@H]3CC4CCC3(CO)CC4)nc21. The topological polar surface area (TPSA) is 121 Å². The Hall–Kier alpha value is -2.65. The second kappa shape index (κ2) is 8.04. The van der Waals surface area contributed by atoms with Gasteiger partial charge < -0.3 is 25.3 Å². The Labute approximate surface area is 190 Å². The molecular formula is C22H28ClN7O2. The first-order chi connectivity index (χ1) is 15.4. The fraction of sp³-hybridized carbons (Fsp3) is 0.545. The van der Waals surface area contributed by atoms with E-state index in [-0.39, 0.29) is 35.4 Å². The van der Waals surface area contributed by atoms with Crippen LogP contribution in [0.25, 0.3) is 11.2 Å². The summed E-state index contributed by atoms with van der Waals surface area (Å²) in [4.78, 5) is 28.9. The van der Waals surface area contributed by atoms with Crippen LogP contribution in [-0.4, -0.2) is 42.3 Å². The minimum atomic E-state index is -0.303. The third kappa shape index (κ3) is 3.63. The normalized spacial score (nSPS) is 24.9. The molecule has 0 amide bonds. The standard InChI is InChI=1S/C22H28ClN7O2/c1-12(2)30-11-25-17-18(26-15-8-14(23)9-24-20(15)32)28-21(29-19(17)30)27-16-7-13-3-5-22(16,10-31)6-4-13/h8-9,11-13,16,31H,3-7,10H2,1-2H3,(H,24,32)(H2,26,27,28,29)/t13?,16-,22?/m0/s1. The van der Waals surface area contributed by atoms with Crippen LogP contribution in [0.3, 0.4) is 0 Å². The van der Waals surface area contributed by atoms with E-state index in [1.807, 2.05) is 4.57 Å². The molecule has 0 saturated heterocycles. The summed E-state index contributed by atoms with van der Waals surface area (Å²) in [6.07, 6.45) is 8.55. The molecule has 4 N–H and O–H groups in total. The predicted octanol–water partition coefficient (Wildman–Crippen LogP) is 3.85. The van der Waals surface area contributed by atoms with Gasteiger partial charge in [0.1, 0.15) is 5.69 Å². The molecule has 9 nitrogen and oxygen atoms in total. The minimum Gasteiger partial charge on any atom is -0.396 e. The number of anilines is 3. The molecule has 32 heavy (non-hydrogen) atoms. The lowest BCUT2D eigenvalue weighted by Gasteiger charge is -2.51. The Morgan fingerprint density at radius 2 is 2.12 bits per heavy atom. The summed E-state index contributed by atoms with van der Waals surface area (Å²) in [5.74, 6) is 1.57. The van der Waals surface area contributed by atoms with E-state index in [1.165, 1.54) is 19.0 Å². The number of aliphatic hydroxyl groups excluding tert-OH is 1. The third-order valence-electron chi connectivity index (χ3n) is 7.13. The van der Waals surface area contributed by atoms with Crippen molar-refractivity contribution >= 4 is 40.2 Å². The van der Waals surface area contributed by atoms with Gasteiger partial charge in [0.15, 0.2) is 17.0 Å². The maximum Gasteiger partial charge on any atom is 0.271 e. The number of pyridine rings is 1. The third-order valence-corrected chi connectivity index (χ3v) is 7.34. The predicted molar refractivity (Wildman–Crippen MR) is 125 cm³/mol. The van der Waals surface area contributed by atoms with Gasteiger partial charge in [-0.3, -0.25) is 4.79 Å². The van der Waals surface area contributed by atoms with Gasteiger partial charge >= 0.3 is 0 Å². The van der Waals surface area contributed by atoms with Crippen molar-refractivity contribution in [2.75, 3.05) is 17.2 Å². The maximum absolute atomic E-state index is 12.3. The summed E-state index contributed by atoms with van der Waals surface area (Å²) in [7, 11) is 0. The van der Waals surface area contributed by atoms with Crippen LogP contribution in [-0.2, 0) is 0 Å². The highest BCUT2D eigenvalue weighted by Gasteiger charge is 2.47. The highest BCUT2D eigenvalue weighted by atomic mass is 35.5. The van der Waals surface area contributed by atoms with Crippen molar-refractivity contribution < 1.29 is 5.11 Å². The fourth-order valence-corrected chi connectivity index (χ4v) is 5.34. The van der Waals surface area contributed by atoms with Crippen LogP contribution in [0.2, 0.25) is 5.02 Å². The van der Waals surface area contributed by atoms with Gasteiger partial charge in [-0.25, -0.2) is 4.98 Å². The van der Waals surface area contributed by atoms with E-state index in [0.29, 0.717) is 33.9 Å². The summed E-state index contributed by atoms with van der Waals surface area (Å²) >= 11 is 6.08. The van der Waals surface area contributed by atoms with Crippen molar-refractivity contribution in [1.29, 1.82) is 0 Å². The first kappa shape index (κ1) is 21.2. The number of aliphatic hydroxyl groups is 1. The monoisotopic (exact) mass is 457 g/mol. The van der Waals surface area contributed by atoms with Gasteiger partial charge in [0.25, 0.3) is 5.56 Å². The first-order valence-electron chi connectivity index (χ1n) is 11.2. The van der Waals surface area contributed by atoms with Crippen molar-refractivity contribution in [3.63, 3.8) is 0 Å². The number of hydrogen-bond donors (Lipinski definition) is 4. The van der Waals surface area contributed by atoms with Crippen LogP contribution in [0.1, 0.15) is 52.0 Å². The average Bonchev–Trinajstić information content (AvgIpc) is 3.22. The number of imidazole rings is 1. The van der Waals surface area contributed by atoms with E-state index < -0.39 is 0 Å². The van der Waals surface area contributed by atoms with Gasteiger partial charge in [-0.15, -0.1) is 0 Å². The number of nitrogens with zero attached hydrogens (tertiary/aromatic N) is 4. The molecule has 0 aliphatic heterocycles. The quantitative estimate of drug-likeness (QED) is 0.443. The van der Waals surface area contributed by atoms with E-state index in [9.17, 15) is 9.90 Å². The van der Waals surface area contributed by atoms with Crippen molar-refractivity contribution in [3.8, 4) is 0 Å². The molecule has 170 valence electrons. The van der Waals surface area contributed by atoms with Crippen LogP contribution < -0.4 is 16.2 Å². The lowest BCUT2D eigenvalue weighted by atomic mass is 9.58. The molecule has 3 fully saturated rings. The number of fused-ring (bicyclic) bond motifs is 4. The Kier molecular flexibility index (Phi) is 5.33. The highest BCUT2D eigenvalue weighted by Crippen LogP contribution is 2.50. The molecule has 3 saturated carbocycles. The molecule has 2 bridgehead atoms. The zero-order valence-corrected chi connectivity index (χ0v) is 19.0. The molecule has 10 heteroatoms. The van der Waals surface area contributed by atoms with Gasteiger partial charge in [0, 0.05) is 23.7 Å². The summed E-state index contributed by atoms with van der Waals surface area (Å²) in [5, 5.41) is 17.3. The average molecular weight is 458 g/mol. The Balaban J connectivity index is 1.56. The van der Waals surface area contributed by atoms with E-state index in [4.69, 9.17) is 21.6 Å². The Bertz CT molecular complexity index is 1200. The Morgan fingerprint density at radius 3 is 2.84 bits per heavy atom. The zero-order valence-electron chi connectivity index (χ0n) is 18.2. The molecule has 3 aromatic rings. The molecule has 6 rings (SSSR count). The molecule has 3 aliphatic carbocycles. The number of aromatic nitrogens is 5. The smallest absolute Gasteiger partial charge is 0.271 e. The molecule has 0 unspecified atom stereocenters. The largest absolute Gasteiger partial charge is 0.396 e. The van der Waals surface area contributed by atoms with Crippen LogP contribution in [0.5, 0.6) is 0 Å². The molecule has 3 aromatic heterocycles. The summed E-state index contributed by atoms with van der Waals surface area (Å²) in [6.45, 7) is 4.28. The van der Waals surface area contributed by atoms with Gasteiger partial charge in [0.05, 0.1) is 18.0 Å². The molecule has 1 atom stereocenters. The zero-order chi connectivity index (χ0) is 22.5. The van der Waals surface area contributed by atoms with E-state index >= 15 is 0 Å². The Morgan fingerprint density at radius 1 is 1.34 bits per heavy atom. The molecule has 3 heterocycles. The van der Waals surface area contributed by atoms with E-state index in [0.717, 1.165) is 19.3 Å². The van der Waals surface area contributed by atoms with Crippen molar-refractivity contribution in [2.45, 2.75) is 58.0 Å².